The van der Waals surface area contributed by atoms with Crippen molar-refractivity contribution in [3.8, 4) is 17.0 Å². The second-order valence-electron chi connectivity index (χ2n) is 9.16. The van der Waals surface area contributed by atoms with Gasteiger partial charge in [-0.15, -0.1) is 5.10 Å². The summed E-state index contributed by atoms with van der Waals surface area (Å²) in [6.45, 7) is 5.11. The number of alkyl halides is 2. The first-order valence-corrected chi connectivity index (χ1v) is 11.8. The van der Waals surface area contributed by atoms with Crippen LogP contribution in [0.25, 0.3) is 22.3 Å². The SMILES string of the molecule is CC(=O)N1C[C@@H](n2nnc(-c3cc(O[C@H](C)c4ccccn4)c4c(c3)ncn4C(F)F)c2C)C[C@@H]1C. The standard InChI is InChI=1S/C25H27F2N7O2/c1-14-9-19(12-32(14)17(4)35)34-15(2)23(30-31-34)18-10-21-24(33(13-29-21)25(26)27)22(11-18)36-16(3)20-7-5-6-8-28-20/h5-8,10-11,13-14,16,19,25H,9,12H2,1-4H3/t14-,16+,19-/m0/s1. The fourth-order valence-corrected chi connectivity index (χ4v) is 4.95. The topological polar surface area (TPSA) is 91.0 Å². The molecule has 3 aromatic heterocycles. The Kier molecular flexibility index (Phi) is 6.15. The zero-order valence-electron chi connectivity index (χ0n) is 20.5. The largest absolute Gasteiger partial charge is 0.482 e. The van der Waals surface area contributed by atoms with E-state index in [9.17, 15) is 13.6 Å². The molecule has 0 spiro atoms. The molecule has 0 unspecified atom stereocenters. The summed E-state index contributed by atoms with van der Waals surface area (Å²) in [6, 6.07) is 8.99. The number of hydrogen-bond donors (Lipinski definition) is 0. The molecule has 1 aliphatic rings. The van der Waals surface area contributed by atoms with Crippen LogP contribution in [0.5, 0.6) is 5.75 Å². The Bertz CT molecular complexity index is 1400. The zero-order chi connectivity index (χ0) is 25.6. The lowest BCUT2D eigenvalue weighted by molar-refractivity contribution is -0.129. The van der Waals surface area contributed by atoms with E-state index in [1.807, 2.05) is 42.5 Å². The molecule has 36 heavy (non-hydrogen) atoms. The van der Waals surface area contributed by atoms with Gasteiger partial charge in [0.1, 0.15) is 29.4 Å². The number of rotatable bonds is 6. The minimum atomic E-state index is -2.77. The number of likely N-dealkylation sites (tertiary alicyclic amines) is 1. The lowest BCUT2D eigenvalue weighted by atomic mass is 10.1. The van der Waals surface area contributed by atoms with E-state index in [1.54, 1.807) is 31.3 Å². The molecule has 4 heterocycles. The van der Waals surface area contributed by atoms with Gasteiger partial charge in [0.05, 0.1) is 22.9 Å². The Morgan fingerprint density at radius 1 is 1.22 bits per heavy atom. The summed E-state index contributed by atoms with van der Waals surface area (Å²) in [5.74, 6) is 0.288. The molecule has 188 valence electrons. The Balaban J connectivity index is 1.55. The number of carbonyl (C=O) groups excluding carboxylic acids is 1. The van der Waals surface area contributed by atoms with Crippen molar-refractivity contribution in [3.63, 3.8) is 0 Å². The van der Waals surface area contributed by atoms with Crippen molar-refractivity contribution < 1.29 is 18.3 Å². The smallest absolute Gasteiger partial charge is 0.320 e. The predicted octanol–water partition coefficient (Wildman–Crippen LogP) is 4.72. The van der Waals surface area contributed by atoms with Gasteiger partial charge in [-0.05, 0) is 51.5 Å². The molecule has 5 rings (SSSR count). The average Bonchev–Trinajstić information content (AvgIpc) is 3.56. The van der Waals surface area contributed by atoms with Crippen LogP contribution in [0, 0.1) is 6.92 Å². The van der Waals surface area contributed by atoms with Gasteiger partial charge >= 0.3 is 6.55 Å². The Morgan fingerprint density at radius 2 is 2.03 bits per heavy atom. The maximum absolute atomic E-state index is 13.8. The van der Waals surface area contributed by atoms with Crippen molar-refractivity contribution in [3.05, 3.63) is 54.2 Å². The Hall–Kier alpha value is -3.89. The molecular formula is C25H27F2N7O2. The van der Waals surface area contributed by atoms with Crippen LogP contribution in [0.2, 0.25) is 0 Å². The second kappa shape index (κ2) is 9.29. The first-order valence-electron chi connectivity index (χ1n) is 11.8. The van der Waals surface area contributed by atoms with E-state index in [4.69, 9.17) is 4.74 Å². The van der Waals surface area contributed by atoms with E-state index in [0.29, 0.717) is 29.0 Å². The highest BCUT2D eigenvalue weighted by Crippen LogP contribution is 2.37. The molecule has 1 fully saturated rings. The van der Waals surface area contributed by atoms with E-state index in [1.165, 1.54) is 0 Å². The Morgan fingerprint density at radius 3 is 2.69 bits per heavy atom. The van der Waals surface area contributed by atoms with Crippen LogP contribution < -0.4 is 4.74 Å². The fourth-order valence-electron chi connectivity index (χ4n) is 4.95. The number of carbonyl (C=O) groups is 1. The second-order valence-corrected chi connectivity index (χ2v) is 9.16. The van der Waals surface area contributed by atoms with Gasteiger partial charge in [0, 0.05) is 31.3 Å². The van der Waals surface area contributed by atoms with Crippen molar-refractivity contribution in [2.75, 3.05) is 6.54 Å². The fraction of sp³-hybridized carbons (Fsp3) is 0.400. The number of nitrogens with zero attached hydrogens (tertiary/aromatic N) is 7. The third kappa shape index (κ3) is 4.18. The maximum Gasteiger partial charge on any atom is 0.320 e. The van der Waals surface area contributed by atoms with Crippen LogP contribution in [0.4, 0.5) is 8.78 Å². The third-order valence-corrected chi connectivity index (χ3v) is 6.76. The van der Waals surface area contributed by atoms with Crippen LogP contribution in [0.3, 0.4) is 0 Å². The summed E-state index contributed by atoms with van der Waals surface area (Å²) in [4.78, 5) is 22.3. The molecule has 11 heteroatoms. The highest BCUT2D eigenvalue weighted by atomic mass is 19.3. The van der Waals surface area contributed by atoms with Gasteiger partial charge < -0.3 is 9.64 Å². The zero-order valence-corrected chi connectivity index (χ0v) is 20.5. The number of halogens is 2. The van der Waals surface area contributed by atoms with Gasteiger partial charge in [-0.25, -0.2) is 9.67 Å². The summed E-state index contributed by atoms with van der Waals surface area (Å²) in [7, 11) is 0. The minimum Gasteiger partial charge on any atom is -0.482 e. The van der Waals surface area contributed by atoms with Crippen molar-refractivity contribution in [2.45, 2.75) is 58.9 Å². The number of fused-ring (bicyclic) bond motifs is 1. The van der Waals surface area contributed by atoms with Crippen LogP contribution in [0.15, 0.2) is 42.9 Å². The van der Waals surface area contributed by atoms with Crippen molar-refractivity contribution >= 4 is 16.9 Å². The summed E-state index contributed by atoms with van der Waals surface area (Å²) in [5.41, 5.74) is 3.31. The monoisotopic (exact) mass is 495 g/mol. The molecule has 0 bridgehead atoms. The summed E-state index contributed by atoms with van der Waals surface area (Å²) < 4.78 is 36.3. The normalized spacial score (nSPS) is 18.8. The van der Waals surface area contributed by atoms with E-state index in [2.05, 4.69) is 20.3 Å². The minimum absolute atomic E-state index is 0.00632. The van der Waals surface area contributed by atoms with E-state index >= 15 is 0 Å². The number of amides is 1. The molecule has 0 N–H and O–H groups in total. The van der Waals surface area contributed by atoms with Crippen LogP contribution in [-0.4, -0.2) is 52.9 Å². The number of aromatic nitrogens is 6. The molecule has 0 radical (unpaired) electrons. The van der Waals surface area contributed by atoms with Crippen molar-refractivity contribution in [2.24, 2.45) is 0 Å². The average molecular weight is 496 g/mol. The quantitative estimate of drug-likeness (QED) is 0.385. The van der Waals surface area contributed by atoms with Gasteiger partial charge in [-0.3, -0.25) is 14.3 Å². The maximum atomic E-state index is 13.8. The molecule has 1 saturated heterocycles. The number of imidazole rings is 1. The van der Waals surface area contributed by atoms with Crippen molar-refractivity contribution in [1.29, 1.82) is 0 Å². The molecular weight excluding hydrogens is 468 g/mol. The Labute approximate surface area is 206 Å². The van der Waals surface area contributed by atoms with Crippen molar-refractivity contribution in [1.82, 2.24) is 34.4 Å². The molecule has 0 saturated carbocycles. The first kappa shape index (κ1) is 23.8. The van der Waals surface area contributed by atoms with Crippen LogP contribution in [-0.2, 0) is 4.79 Å². The lowest BCUT2D eigenvalue weighted by Crippen LogP contribution is -2.32. The first-order chi connectivity index (χ1) is 17.2. The van der Waals surface area contributed by atoms with Crippen LogP contribution >= 0.6 is 0 Å². The molecule has 9 nitrogen and oxygen atoms in total. The molecule has 3 atom stereocenters. The molecule has 0 aliphatic carbocycles. The number of benzene rings is 1. The number of hydrogen-bond acceptors (Lipinski definition) is 6. The van der Waals surface area contributed by atoms with Gasteiger partial charge in [-0.2, -0.15) is 8.78 Å². The van der Waals surface area contributed by atoms with Gasteiger partial charge in [0.15, 0.2) is 0 Å². The molecule has 4 aromatic rings. The van der Waals surface area contributed by atoms with Crippen LogP contribution in [0.1, 0.15) is 57.3 Å². The van der Waals surface area contributed by atoms with Gasteiger partial charge in [0.2, 0.25) is 5.91 Å². The van der Waals surface area contributed by atoms with Gasteiger partial charge in [-0.1, -0.05) is 11.3 Å². The predicted molar refractivity (Wildman–Crippen MR) is 129 cm³/mol. The van der Waals surface area contributed by atoms with E-state index < -0.39 is 12.7 Å². The number of ether oxygens (including phenoxy) is 1. The van der Waals surface area contributed by atoms with E-state index in [-0.39, 0.29) is 29.3 Å². The molecule has 1 amide bonds. The number of pyridine rings is 1. The third-order valence-electron chi connectivity index (χ3n) is 6.76. The summed E-state index contributed by atoms with van der Waals surface area (Å²) >= 11 is 0. The molecule has 1 aromatic carbocycles. The van der Waals surface area contributed by atoms with E-state index in [0.717, 1.165) is 23.0 Å². The highest BCUT2D eigenvalue weighted by molar-refractivity contribution is 5.87. The summed E-state index contributed by atoms with van der Waals surface area (Å²) in [5, 5.41) is 8.80. The van der Waals surface area contributed by atoms with Gasteiger partial charge in [0.25, 0.3) is 0 Å². The summed E-state index contributed by atoms with van der Waals surface area (Å²) in [6.07, 6.45) is 3.05. The lowest BCUT2D eigenvalue weighted by Gasteiger charge is -2.18. The highest BCUT2D eigenvalue weighted by Gasteiger charge is 2.33. The molecule has 1 aliphatic heterocycles.